The van der Waals surface area contributed by atoms with Crippen molar-refractivity contribution < 1.29 is 4.39 Å². The molecule has 2 rings (SSSR count). The van der Waals surface area contributed by atoms with Crippen LogP contribution in [0.4, 0.5) is 10.3 Å². The smallest absolute Gasteiger partial charge is 0.222 e. The minimum atomic E-state index is -0.412. The summed E-state index contributed by atoms with van der Waals surface area (Å²) < 4.78 is 12.6. The van der Waals surface area contributed by atoms with Gasteiger partial charge < -0.3 is 5.32 Å². The number of nitrogens with zero attached hydrogens (tertiary/aromatic N) is 2. The van der Waals surface area contributed by atoms with E-state index in [4.69, 9.17) is 11.6 Å². The molecule has 0 bridgehead atoms. The third-order valence-electron chi connectivity index (χ3n) is 3.16. The van der Waals surface area contributed by atoms with Gasteiger partial charge in [0.05, 0.1) is 12.4 Å². The summed E-state index contributed by atoms with van der Waals surface area (Å²) in [6.45, 7) is 0.822. The maximum Gasteiger partial charge on any atom is 0.222 e. The molecular formula is C11H15ClFN3. The van der Waals surface area contributed by atoms with Crippen LogP contribution in [0.15, 0.2) is 12.4 Å². The number of hydrogen-bond acceptors (Lipinski definition) is 3. The van der Waals surface area contributed by atoms with Gasteiger partial charge in [0.1, 0.15) is 0 Å². The molecule has 0 amide bonds. The molecule has 0 aliphatic heterocycles. The molecule has 0 radical (unpaired) electrons. The topological polar surface area (TPSA) is 37.8 Å². The molecule has 16 heavy (non-hydrogen) atoms. The third-order valence-corrected chi connectivity index (χ3v) is 3.55. The van der Waals surface area contributed by atoms with Crippen LogP contribution >= 0.6 is 11.6 Å². The second-order valence-electron chi connectivity index (χ2n) is 4.21. The largest absolute Gasteiger partial charge is 0.354 e. The van der Waals surface area contributed by atoms with Crippen molar-refractivity contribution in [1.82, 2.24) is 9.97 Å². The summed E-state index contributed by atoms with van der Waals surface area (Å²) in [5.41, 5.74) is 0. The van der Waals surface area contributed by atoms with E-state index in [9.17, 15) is 4.39 Å². The van der Waals surface area contributed by atoms with Crippen LogP contribution in [0.25, 0.3) is 0 Å². The lowest BCUT2D eigenvalue weighted by atomic mass is 9.98. The van der Waals surface area contributed by atoms with Gasteiger partial charge in [-0.05, 0) is 24.7 Å². The maximum atomic E-state index is 12.6. The van der Waals surface area contributed by atoms with E-state index in [0.717, 1.165) is 12.4 Å². The minimum Gasteiger partial charge on any atom is -0.354 e. The van der Waals surface area contributed by atoms with Crippen molar-refractivity contribution in [3.63, 3.8) is 0 Å². The van der Waals surface area contributed by atoms with Crippen LogP contribution in [0.3, 0.4) is 0 Å². The molecule has 1 aromatic rings. The van der Waals surface area contributed by atoms with Crippen LogP contribution in [0.2, 0.25) is 0 Å². The maximum absolute atomic E-state index is 12.6. The number of alkyl halides is 1. The lowest BCUT2D eigenvalue weighted by Crippen LogP contribution is -2.20. The zero-order chi connectivity index (χ0) is 11.4. The molecule has 0 aromatic carbocycles. The SMILES string of the molecule is Fc1cnc(NCC2CCCC2CCl)nc1. The first-order valence-electron chi connectivity index (χ1n) is 5.57. The Morgan fingerprint density at radius 2 is 2.00 bits per heavy atom. The van der Waals surface area contributed by atoms with Crippen molar-refractivity contribution in [3.05, 3.63) is 18.2 Å². The van der Waals surface area contributed by atoms with Gasteiger partial charge in [0.2, 0.25) is 5.95 Å². The monoisotopic (exact) mass is 243 g/mol. The number of aromatic nitrogens is 2. The summed E-state index contributed by atoms with van der Waals surface area (Å²) in [7, 11) is 0. The van der Waals surface area contributed by atoms with Gasteiger partial charge in [-0.25, -0.2) is 14.4 Å². The Morgan fingerprint density at radius 1 is 1.31 bits per heavy atom. The van der Waals surface area contributed by atoms with E-state index in [2.05, 4.69) is 15.3 Å². The molecule has 1 aliphatic carbocycles. The highest BCUT2D eigenvalue weighted by molar-refractivity contribution is 6.18. The number of nitrogens with one attached hydrogen (secondary N) is 1. The van der Waals surface area contributed by atoms with Gasteiger partial charge in [0, 0.05) is 12.4 Å². The number of rotatable bonds is 4. The summed E-state index contributed by atoms with van der Waals surface area (Å²) in [6.07, 6.45) is 5.99. The fourth-order valence-electron chi connectivity index (χ4n) is 2.21. The molecule has 2 unspecified atom stereocenters. The minimum absolute atomic E-state index is 0.412. The highest BCUT2D eigenvalue weighted by Crippen LogP contribution is 2.32. The van der Waals surface area contributed by atoms with Crippen molar-refractivity contribution >= 4 is 17.5 Å². The predicted molar refractivity (Wildman–Crippen MR) is 62.0 cm³/mol. The molecule has 88 valence electrons. The number of hydrogen-bond donors (Lipinski definition) is 1. The van der Waals surface area contributed by atoms with E-state index in [0.29, 0.717) is 17.8 Å². The van der Waals surface area contributed by atoms with Gasteiger partial charge in [-0.3, -0.25) is 0 Å². The molecule has 1 saturated carbocycles. The second kappa shape index (κ2) is 5.43. The molecule has 1 fully saturated rings. The van der Waals surface area contributed by atoms with Crippen LogP contribution in [-0.4, -0.2) is 22.4 Å². The molecule has 5 heteroatoms. The molecule has 1 aliphatic rings. The van der Waals surface area contributed by atoms with E-state index < -0.39 is 5.82 Å². The average molecular weight is 244 g/mol. The third kappa shape index (κ3) is 2.82. The average Bonchev–Trinajstić information content (AvgIpc) is 2.76. The van der Waals surface area contributed by atoms with E-state index >= 15 is 0 Å². The van der Waals surface area contributed by atoms with E-state index in [1.54, 1.807) is 0 Å². The van der Waals surface area contributed by atoms with Gasteiger partial charge in [0.15, 0.2) is 5.82 Å². The molecule has 1 aromatic heterocycles. The molecule has 0 saturated heterocycles. The van der Waals surface area contributed by atoms with Crippen LogP contribution < -0.4 is 5.32 Å². The van der Waals surface area contributed by atoms with Gasteiger partial charge >= 0.3 is 0 Å². The Labute approximate surface area is 99.4 Å². The first-order valence-corrected chi connectivity index (χ1v) is 6.10. The van der Waals surface area contributed by atoms with Crippen molar-refractivity contribution in [2.75, 3.05) is 17.7 Å². The summed E-state index contributed by atoms with van der Waals surface area (Å²) in [5.74, 6) is 1.98. The van der Waals surface area contributed by atoms with Gasteiger partial charge in [-0.15, -0.1) is 11.6 Å². The van der Waals surface area contributed by atoms with Crippen molar-refractivity contribution in [1.29, 1.82) is 0 Å². The molecule has 2 atom stereocenters. The fraction of sp³-hybridized carbons (Fsp3) is 0.636. The highest BCUT2D eigenvalue weighted by atomic mass is 35.5. The van der Waals surface area contributed by atoms with Gasteiger partial charge in [0.25, 0.3) is 0 Å². The molecule has 1 N–H and O–H groups in total. The molecular weight excluding hydrogens is 229 g/mol. The highest BCUT2D eigenvalue weighted by Gasteiger charge is 2.26. The van der Waals surface area contributed by atoms with Crippen LogP contribution in [-0.2, 0) is 0 Å². The summed E-state index contributed by atoms with van der Waals surface area (Å²) in [4.78, 5) is 7.72. The van der Waals surface area contributed by atoms with Crippen molar-refractivity contribution in [2.24, 2.45) is 11.8 Å². The Balaban J connectivity index is 1.85. The van der Waals surface area contributed by atoms with Crippen LogP contribution in [0.5, 0.6) is 0 Å². The van der Waals surface area contributed by atoms with E-state index in [1.807, 2.05) is 0 Å². The quantitative estimate of drug-likeness (QED) is 0.827. The zero-order valence-corrected chi connectivity index (χ0v) is 9.75. The first-order chi connectivity index (χ1) is 7.79. The normalized spacial score (nSPS) is 24.6. The number of halogens is 2. The van der Waals surface area contributed by atoms with Crippen molar-refractivity contribution in [2.45, 2.75) is 19.3 Å². The summed E-state index contributed by atoms with van der Waals surface area (Å²) in [5, 5.41) is 3.13. The Morgan fingerprint density at radius 3 is 2.69 bits per heavy atom. The number of anilines is 1. The second-order valence-corrected chi connectivity index (χ2v) is 4.52. The zero-order valence-electron chi connectivity index (χ0n) is 9.00. The Bertz CT molecular complexity index is 331. The summed E-state index contributed by atoms with van der Waals surface area (Å²) >= 11 is 5.90. The fourth-order valence-corrected chi connectivity index (χ4v) is 2.62. The predicted octanol–water partition coefficient (Wildman–Crippen LogP) is 2.68. The van der Waals surface area contributed by atoms with Gasteiger partial charge in [-0.1, -0.05) is 6.42 Å². The molecule has 1 heterocycles. The van der Waals surface area contributed by atoms with Crippen LogP contribution in [0, 0.1) is 17.7 Å². The van der Waals surface area contributed by atoms with E-state index in [1.165, 1.54) is 31.7 Å². The molecule has 3 nitrogen and oxygen atoms in total. The lowest BCUT2D eigenvalue weighted by molar-refractivity contribution is 0.443. The summed E-state index contributed by atoms with van der Waals surface area (Å²) in [6, 6.07) is 0. The molecule has 0 spiro atoms. The Kier molecular flexibility index (Phi) is 3.93. The van der Waals surface area contributed by atoms with Gasteiger partial charge in [-0.2, -0.15) is 0 Å². The van der Waals surface area contributed by atoms with E-state index in [-0.39, 0.29) is 0 Å². The first kappa shape index (κ1) is 11.6. The van der Waals surface area contributed by atoms with Crippen molar-refractivity contribution in [3.8, 4) is 0 Å². The standard InChI is InChI=1S/C11H15ClFN3/c12-4-8-2-1-3-9(8)5-14-11-15-6-10(13)7-16-11/h6-9H,1-5H2,(H,14,15,16). The lowest BCUT2D eigenvalue weighted by Gasteiger charge is -2.17. The van der Waals surface area contributed by atoms with Crippen LogP contribution in [0.1, 0.15) is 19.3 Å². The Hall–Kier alpha value is -0.900.